The molecule has 2 aliphatic carbocycles. The van der Waals surface area contributed by atoms with Crippen molar-refractivity contribution in [2.45, 2.75) is 67.4 Å². The van der Waals surface area contributed by atoms with Crippen molar-refractivity contribution in [2.24, 2.45) is 5.92 Å². The van der Waals surface area contributed by atoms with Gasteiger partial charge in [-0.15, -0.1) is 0 Å². The van der Waals surface area contributed by atoms with Crippen LogP contribution < -0.4 is 15.1 Å². The van der Waals surface area contributed by atoms with Crippen molar-refractivity contribution in [2.75, 3.05) is 15.1 Å². The summed E-state index contributed by atoms with van der Waals surface area (Å²) in [6, 6.07) is 6.61. The lowest BCUT2D eigenvalue weighted by Gasteiger charge is -2.25. The average Bonchev–Trinajstić information content (AvgIpc) is 3.44. The standard InChI is InChI=1S/C24H25F3N4O4S/c1-15-14-23(15)21(32)30(17-7-9-19(10-8-17)36(34,35)24(25,26)27)22(33)31(23)18-11-12-28-20(13-18)29-16-5-3-2-4-6-16/h7-13,15-16H,2-6,14H2,1H3,(H,28,29). The summed E-state index contributed by atoms with van der Waals surface area (Å²) < 4.78 is 62.1. The molecule has 1 spiro atoms. The quantitative estimate of drug-likeness (QED) is 0.563. The third-order valence-electron chi connectivity index (χ3n) is 7.30. The maximum atomic E-state index is 13.6. The van der Waals surface area contributed by atoms with E-state index in [0.29, 0.717) is 17.9 Å². The van der Waals surface area contributed by atoms with Crippen LogP contribution in [0.15, 0.2) is 47.5 Å². The van der Waals surface area contributed by atoms with Gasteiger partial charge in [0, 0.05) is 18.3 Å². The molecule has 1 aromatic carbocycles. The van der Waals surface area contributed by atoms with Crippen LogP contribution in [0.5, 0.6) is 0 Å². The van der Waals surface area contributed by atoms with Gasteiger partial charge in [-0.1, -0.05) is 26.2 Å². The number of urea groups is 1. The molecule has 5 rings (SSSR count). The van der Waals surface area contributed by atoms with Crippen LogP contribution in [0.3, 0.4) is 0 Å². The topological polar surface area (TPSA) is 99.7 Å². The number of pyridine rings is 1. The number of sulfone groups is 1. The first kappa shape index (κ1) is 24.5. The predicted octanol–water partition coefficient (Wildman–Crippen LogP) is 4.87. The number of anilines is 3. The van der Waals surface area contributed by atoms with Crippen LogP contribution in [0.25, 0.3) is 0 Å². The number of hydrogen-bond donors (Lipinski definition) is 1. The molecule has 1 aliphatic heterocycles. The highest BCUT2D eigenvalue weighted by Crippen LogP contribution is 2.55. The summed E-state index contributed by atoms with van der Waals surface area (Å²) in [5.74, 6) is -0.0277. The first-order valence-corrected chi connectivity index (χ1v) is 13.3. The Morgan fingerprint density at radius 2 is 1.67 bits per heavy atom. The Hall–Kier alpha value is -3.15. The highest BCUT2D eigenvalue weighted by Gasteiger charge is 2.70. The molecule has 36 heavy (non-hydrogen) atoms. The Kier molecular flexibility index (Phi) is 5.77. The van der Waals surface area contributed by atoms with E-state index in [1.165, 1.54) is 11.3 Å². The number of carbonyl (C=O) groups is 2. The van der Waals surface area contributed by atoms with Gasteiger partial charge in [0.25, 0.3) is 15.7 Å². The molecule has 3 aliphatic rings. The van der Waals surface area contributed by atoms with Crippen molar-refractivity contribution in [3.05, 3.63) is 42.6 Å². The van der Waals surface area contributed by atoms with Gasteiger partial charge in [-0.05, 0) is 55.5 Å². The SMILES string of the molecule is CC1CC12C(=O)N(c1ccc(S(=O)(=O)C(F)(F)F)cc1)C(=O)N2c1ccnc(NC2CCCCC2)c1. The second kappa shape index (κ2) is 8.46. The van der Waals surface area contributed by atoms with Crippen molar-refractivity contribution in [3.8, 4) is 0 Å². The Labute approximate surface area is 206 Å². The van der Waals surface area contributed by atoms with E-state index >= 15 is 0 Å². The minimum Gasteiger partial charge on any atom is -0.367 e. The van der Waals surface area contributed by atoms with Gasteiger partial charge >= 0.3 is 11.5 Å². The number of alkyl halides is 3. The van der Waals surface area contributed by atoms with Crippen LogP contribution in [0.1, 0.15) is 45.4 Å². The summed E-state index contributed by atoms with van der Waals surface area (Å²) in [6.07, 6.45) is 7.53. The van der Waals surface area contributed by atoms with Crippen molar-refractivity contribution < 1.29 is 31.2 Å². The molecule has 192 valence electrons. The molecule has 0 bridgehead atoms. The zero-order valence-electron chi connectivity index (χ0n) is 19.5. The number of imide groups is 1. The number of nitrogens with zero attached hydrogens (tertiary/aromatic N) is 3. The van der Waals surface area contributed by atoms with Gasteiger partial charge < -0.3 is 5.32 Å². The lowest BCUT2D eigenvalue weighted by Crippen LogP contribution is -2.39. The average molecular weight is 523 g/mol. The van der Waals surface area contributed by atoms with Gasteiger partial charge in [0.15, 0.2) is 0 Å². The van der Waals surface area contributed by atoms with Crippen molar-refractivity contribution in [1.82, 2.24) is 4.98 Å². The number of rotatable bonds is 5. The van der Waals surface area contributed by atoms with Gasteiger partial charge in [0.05, 0.1) is 16.3 Å². The van der Waals surface area contributed by atoms with Crippen LogP contribution in [-0.4, -0.2) is 42.4 Å². The molecule has 12 heteroatoms. The molecule has 1 aromatic heterocycles. The third kappa shape index (κ3) is 3.82. The van der Waals surface area contributed by atoms with E-state index < -0.39 is 37.7 Å². The molecule has 2 saturated carbocycles. The number of benzene rings is 1. The smallest absolute Gasteiger partial charge is 0.367 e. The number of carbonyl (C=O) groups excluding carboxylic acids is 2. The summed E-state index contributed by atoms with van der Waals surface area (Å²) in [5.41, 5.74) is -6.06. The molecular weight excluding hydrogens is 497 g/mol. The van der Waals surface area contributed by atoms with Gasteiger partial charge in [-0.2, -0.15) is 13.2 Å². The van der Waals surface area contributed by atoms with E-state index in [1.807, 2.05) is 6.92 Å². The summed E-state index contributed by atoms with van der Waals surface area (Å²) in [7, 11) is -5.55. The van der Waals surface area contributed by atoms with Crippen LogP contribution in [0.2, 0.25) is 0 Å². The fourth-order valence-corrected chi connectivity index (χ4v) is 6.00. The van der Waals surface area contributed by atoms with Gasteiger partial charge in [-0.25, -0.2) is 23.1 Å². The highest BCUT2D eigenvalue weighted by atomic mass is 32.2. The normalized spacial score (nSPS) is 25.1. The minimum atomic E-state index is -5.55. The van der Waals surface area contributed by atoms with Gasteiger partial charge in [0.2, 0.25) is 0 Å². The van der Waals surface area contributed by atoms with Crippen molar-refractivity contribution in [1.29, 1.82) is 0 Å². The van der Waals surface area contributed by atoms with Crippen LogP contribution in [0.4, 0.5) is 35.2 Å². The predicted molar refractivity (Wildman–Crippen MR) is 126 cm³/mol. The Bertz CT molecular complexity index is 1310. The second-order valence-electron chi connectivity index (χ2n) is 9.61. The molecule has 2 atom stereocenters. The Morgan fingerprint density at radius 3 is 2.25 bits per heavy atom. The number of nitrogens with one attached hydrogen (secondary N) is 1. The summed E-state index contributed by atoms with van der Waals surface area (Å²) in [5, 5.41) is 3.41. The third-order valence-corrected chi connectivity index (χ3v) is 8.80. The fourth-order valence-electron chi connectivity index (χ4n) is 5.23. The van der Waals surface area contributed by atoms with E-state index in [2.05, 4.69) is 10.3 Å². The minimum absolute atomic E-state index is 0.00158. The van der Waals surface area contributed by atoms with Crippen molar-refractivity contribution in [3.63, 3.8) is 0 Å². The monoisotopic (exact) mass is 522 g/mol. The van der Waals surface area contributed by atoms with Crippen LogP contribution >= 0.6 is 0 Å². The number of amides is 3. The van der Waals surface area contributed by atoms with E-state index in [9.17, 15) is 31.2 Å². The lowest BCUT2D eigenvalue weighted by atomic mass is 9.95. The largest absolute Gasteiger partial charge is 0.501 e. The summed E-state index contributed by atoms with van der Waals surface area (Å²) >= 11 is 0. The maximum absolute atomic E-state index is 13.6. The molecule has 1 saturated heterocycles. The first-order valence-electron chi connectivity index (χ1n) is 11.8. The summed E-state index contributed by atoms with van der Waals surface area (Å²) in [6.45, 7) is 1.85. The number of aromatic nitrogens is 1. The molecule has 8 nitrogen and oxygen atoms in total. The summed E-state index contributed by atoms with van der Waals surface area (Å²) in [4.78, 5) is 32.8. The van der Waals surface area contributed by atoms with Gasteiger partial charge in [0.1, 0.15) is 11.4 Å². The number of halogens is 3. The Morgan fingerprint density at radius 1 is 1.03 bits per heavy atom. The second-order valence-corrected chi connectivity index (χ2v) is 11.6. The molecule has 1 N–H and O–H groups in total. The zero-order valence-corrected chi connectivity index (χ0v) is 20.3. The molecule has 2 aromatic rings. The molecule has 2 heterocycles. The molecule has 3 fully saturated rings. The first-order chi connectivity index (χ1) is 17.0. The van der Waals surface area contributed by atoms with Crippen LogP contribution in [-0.2, 0) is 14.6 Å². The lowest BCUT2D eigenvalue weighted by molar-refractivity contribution is -0.119. The molecule has 0 radical (unpaired) electrons. The maximum Gasteiger partial charge on any atom is 0.501 e. The Balaban J connectivity index is 1.45. The van der Waals surface area contributed by atoms with Crippen molar-refractivity contribution >= 4 is 39.0 Å². The van der Waals surface area contributed by atoms with E-state index in [4.69, 9.17) is 0 Å². The van der Waals surface area contributed by atoms with E-state index in [1.54, 1.807) is 18.3 Å². The zero-order chi connectivity index (χ0) is 25.9. The molecular formula is C24H25F3N4O4S. The highest BCUT2D eigenvalue weighted by molar-refractivity contribution is 7.92. The van der Waals surface area contributed by atoms with E-state index in [0.717, 1.165) is 54.8 Å². The van der Waals surface area contributed by atoms with Crippen LogP contribution in [0, 0.1) is 5.92 Å². The van der Waals surface area contributed by atoms with Gasteiger partial charge in [-0.3, -0.25) is 9.69 Å². The molecule has 2 unspecified atom stereocenters. The molecule has 3 amide bonds. The van der Waals surface area contributed by atoms with E-state index in [-0.39, 0.29) is 17.6 Å². The number of hydrogen-bond acceptors (Lipinski definition) is 6. The fraction of sp³-hybridized carbons (Fsp3) is 0.458.